The van der Waals surface area contributed by atoms with Crippen molar-refractivity contribution in [2.45, 2.75) is 17.3 Å². The zero-order chi connectivity index (χ0) is 17.9. The van der Waals surface area contributed by atoms with Crippen molar-refractivity contribution in [1.29, 1.82) is 0 Å². The fourth-order valence-corrected chi connectivity index (χ4v) is 2.35. The maximum atomic E-state index is 5.97. The SMILES string of the molecule is Cc1ccc(-c2nc(NCc3cccnc3)nc(C(Cl)(Cl)Cl)n2)cc1. The molecule has 0 amide bonds. The van der Waals surface area contributed by atoms with Gasteiger partial charge in [0, 0.05) is 24.5 Å². The van der Waals surface area contributed by atoms with E-state index in [1.807, 2.05) is 43.3 Å². The molecule has 2 aromatic heterocycles. The first-order valence-electron chi connectivity index (χ1n) is 7.45. The Balaban J connectivity index is 1.94. The molecule has 1 N–H and O–H groups in total. The lowest BCUT2D eigenvalue weighted by atomic mass is 10.1. The summed E-state index contributed by atoms with van der Waals surface area (Å²) < 4.78 is -1.74. The van der Waals surface area contributed by atoms with Gasteiger partial charge in [0.15, 0.2) is 11.6 Å². The number of hydrogen-bond donors (Lipinski definition) is 1. The molecule has 8 heteroatoms. The number of alkyl halides is 3. The number of aryl methyl sites for hydroxylation is 1. The van der Waals surface area contributed by atoms with Crippen LogP contribution >= 0.6 is 34.8 Å². The normalized spacial score (nSPS) is 11.4. The topological polar surface area (TPSA) is 63.6 Å². The molecule has 0 radical (unpaired) electrons. The van der Waals surface area contributed by atoms with Gasteiger partial charge in [0.05, 0.1) is 0 Å². The molecule has 0 spiro atoms. The second-order valence-corrected chi connectivity index (χ2v) is 7.67. The van der Waals surface area contributed by atoms with Gasteiger partial charge in [-0.05, 0) is 18.6 Å². The van der Waals surface area contributed by atoms with E-state index in [0.717, 1.165) is 16.7 Å². The van der Waals surface area contributed by atoms with Crippen LogP contribution in [-0.2, 0) is 10.3 Å². The van der Waals surface area contributed by atoms with Crippen LogP contribution in [0.15, 0.2) is 48.8 Å². The Morgan fingerprint density at radius 1 is 1.00 bits per heavy atom. The molecule has 5 nitrogen and oxygen atoms in total. The molecular weight excluding hydrogens is 381 g/mol. The van der Waals surface area contributed by atoms with E-state index in [1.165, 1.54) is 0 Å². The highest BCUT2D eigenvalue weighted by Crippen LogP contribution is 2.36. The predicted octanol–water partition coefficient (Wildman–Crippen LogP) is 4.68. The second kappa shape index (κ2) is 7.52. The summed E-state index contributed by atoms with van der Waals surface area (Å²) in [6.07, 6.45) is 3.47. The Bertz CT molecular complexity index is 848. The molecule has 0 atom stereocenters. The number of pyridine rings is 1. The van der Waals surface area contributed by atoms with Gasteiger partial charge in [0.1, 0.15) is 0 Å². The van der Waals surface area contributed by atoms with E-state index in [9.17, 15) is 0 Å². The number of nitrogens with zero attached hydrogens (tertiary/aromatic N) is 4. The van der Waals surface area contributed by atoms with Crippen LogP contribution in [0.25, 0.3) is 11.4 Å². The van der Waals surface area contributed by atoms with Crippen molar-refractivity contribution >= 4 is 40.8 Å². The minimum atomic E-state index is -1.74. The molecule has 0 fully saturated rings. The number of rotatable bonds is 4. The predicted molar refractivity (Wildman–Crippen MR) is 101 cm³/mol. The zero-order valence-electron chi connectivity index (χ0n) is 13.2. The molecule has 2 heterocycles. The third kappa shape index (κ3) is 4.78. The van der Waals surface area contributed by atoms with Crippen molar-refractivity contribution in [3.63, 3.8) is 0 Å². The number of nitrogens with one attached hydrogen (secondary N) is 1. The van der Waals surface area contributed by atoms with Gasteiger partial charge >= 0.3 is 0 Å². The molecule has 0 unspecified atom stereocenters. The third-order valence-electron chi connectivity index (χ3n) is 3.37. The molecule has 0 saturated carbocycles. The Hall–Kier alpha value is -1.95. The van der Waals surface area contributed by atoms with Crippen molar-refractivity contribution in [2.24, 2.45) is 0 Å². The van der Waals surface area contributed by atoms with E-state index < -0.39 is 3.79 Å². The zero-order valence-corrected chi connectivity index (χ0v) is 15.5. The average molecular weight is 395 g/mol. The molecule has 3 aromatic rings. The standard InChI is InChI=1S/C17H14Cl3N5/c1-11-4-6-13(7-5-11)14-23-15(17(18,19)20)25-16(24-14)22-10-12-3-2-8-21-9-12/h2-9H,10H2,1H3,(H,22,23,24,25). The maximum Gasteiger partial charge on any atom is 0.250 e. The van der Waals surface area contributed by atoms with Crippen molar-refractivity contribution < 1.29 is 0 Å². The van der Waals surface area contributed by atoms with Gasteiger partial charge in [-0.1, -0.05) is 70.7 Å². The highest BCUT2D eigenvalue weighted by atomic mass is 35.6. The average Bonchev–Trinajstić information content (AvgIpc) is 2.60. The lowest BCUT2D eigenvalue weighted by Crippen LogP contribution is -2.13. The second-order valence-electron chi connectivity index (χ2n) is 5.38. The summed E-state index contributed by atoms with van der Waals surface area (Å²) in [6.45, 7) is 2.50. The fourth-order valence-electron chi connectivity index (χ4n) is 2.10. The molecule has 1 aromatic carbocycles. The van der Waals surface area contributed by atoms with E-state index in [0.29, 0.717) is 18.3 Å². The van der Waals surface area contributed by atoms with Crippen molar-refractivity contribution in [3.05, 3.63) is 65.7 Å². The molecule has 25 heavy (non-hydrogen) atoms. The largest absolute Gasteiger partial charge is 0.350 e. The van der Waals surface area contributed by atoms with Gasteiger partial charge in [-0.2, -0.15) is 9.97 Å². The van der Waals surface area contributed by atoms with Crippen LogP contribution in [0, 0.1) is 6.92 Å². The van der Waals surface area contributed by atoms with Gasteiger partial charge in [0.25, 0.3) is 0 Å². The summed E-state index contributed by atoms with van der Waals surface area (Å²) in [5.41, 5.74) is 2.93. The van der Waals surface area contributed by atoms with Crippen molar-refractivity contribution in [1.82, 2.24) is 19.9 Å². The minimum absolute atomic E-state index is 0.0664. The van der Waals surface area contributed by atoms with Crippen molar-refractivity contribution in [2.75, 3.05) is 5.32 Å². The number of aromatic nitrogens is 4. The minimum Gasteiger partial charge on any atom is -0.350 e. The number of anilines is 1. The number of hydrogen-bond acceptors (Lipinski definition) is 5. The van der Waals surface area contributed by atoms with Gasteiger partial charge in [0.2, 0.25) is 9.74 Å². The Labute approximate surface area is 160 Å². The first-order valence-corrected chi connectivity index (χ1v) is 8.58. The molecule has 0 aliphatic heterocycles. The van der Waals surface area contributed by atoms with Gasteiger partial charge in [-0.3, -0.25) is 4.98 Å². The smallest absolute Gasteiger partial charge is 0.250 e. The van der Waals surface area contributed by atoms with Crippen LogP contribution in [0.3, 0.4) is 0 Å². The van der Waals surface area contributed by atoms with E-state index in [1.54, 1.807) is 12.4 Å². The Kier molecular flexibility index (Phi) is 5.37. The van der Waals surface area contributed by atoms with Crippen LogP contribution in [0.5, 0.6) is 0 Å². The first kappa shape index (κ1) is 17.9. The monoisotopic (exact) mass is 393 g/mol. The molecule has 0 saturated heterocycles. The molecule has 3 rings (SSSR count). The summed E-state index contributed by atoms with van der Waals surface area (Å²) in [6, 6.07) is 11.6. The highest BCUT2D eigenvalue weighted by molar-refractivity contribution is 6.66. The highest BCUT2D eigenvalue weighted by Gasteiger charge is 2.28. The fraction of sp³-hybridized carbons (Fsp3) is 0.176. The summed E-state index contributed by atoms with van der Waals surface area (Å²) >= 11 is 17.9. The molecular formula is C17H14Cl3N5. The lowest BCUT2D eigenvalue weighted by molar-refractivity contribution is 0.912. The molecule has 0 aliphatic rings. The lowest BCUT2D eigenvalue weighted by Gasteiger charge is -2.13. The van der Waals surface area contributed by atoms with Gasteiger partial charge < -0.3 is 5.32 Å². The maximum absolute atomic E-state index is 5.97. The van der Waals surface area contributed by atoms with E-state index in [2.05, 4.69) is 25.3 Å². The van der Waals surface area contributed by atoms with E-state index >= 15 is 0 Å². The molecule has 0 bridgehead atoms. The van der Waals surface area contributed by atoms with Crippen LogP contribution < -0.4 is 5.32 Å². The van der Waals surface area contributed by atoms with E-state index in [4.69, 9.17) is 34.8 Å². The summed E-state index contributed by atoms with van der Waals surface area (Å²) in [4.78, 5) is 17.0. The van der Waals surface area contributed by atoms with Crippen LogP contribution in [-0.4, -0.2) is 19.9 Å². The van der Waals surface area contributed by atoms with Crippen molar-refractivity contribution in [3.8, 4) is 11.4 Å². The molecule has 128 valence electrons. The number of halogens is 3. The van der Waals surface area contributed by atoms with Crippen LogP contribution in [0.2, 0.25) is 0 Å². The Morgan fingerprint density at radius 3 is 2.40 bits per heavy atom. The molecule has 0 aliphatic carbocycles. The van der Waals surface area contributed by atoms with Gasteiger partial charge in [-0.15, -0.1) is 0 Å². The summed E-state index contributed by atoms with van der Waals surface area (Å²) in [5, 5.41) is 3.12. The van der Waals surface area contributed by atoms with Gasteiger partial charge in [-0.25, -0.2) is 4.98 Å². The summed E-state index contributed by atoms with van der Waals surface area (Å²) in [5.74, 6) is 0.831. The van der Waals surface area contributed by atoms with E-state index in [-0.39, 0.29) is 5.82 Å². The van der Waals surface area contributed by atoms with Crippen LogP contribution in [0.1, 0.15) is 17.0 Å². The third-order valence-corrected chi connectivity index (χ3v) is 3.88. The van der Waals surface area contributed by atoms with Crippen LogP contribution in [0.4, 0.5) is 5.95 Å². The Morgan fingerprint density at radius 2 is 1.76 bits per heavy atom. The first-order chi connectivity index (χ1) is 11.9. The quantitative estimate of drug-likeness (QED) is 0.651. The summed E-state index contributed by atoms with van der Waals surface area (Å²) in [7, 11) is 0. The number of benzene rings is 1.